The Balaban J connectivity index is 1.64. The highest BCUT2D eigenvalue weighted by molar-refractivity contribution is 5.89. The van der Waals surface area contributed by atoms with Gasteiger partial charge in [-0.25, -0.2) is 14.4 Å². The molecule has 150 valence electrons. The number of hydrogen-bond acceptors (Lipinski definition) is 5. The van der Waals surface area contributed by atoms with Gasteiger partial charge in [-0.15, -0.1) is 0 Å². The number of hydrogen-bond donors (Lipinski definition) is 1. The van der Waals surface area contributed by atoms with Crippen LogP contribution in [0.4, 0.5) is 10.2 Å². The molecule has 1 saturated heterocycles. The molecule has 3 aromatic heterocycles. The number of aromatic nitrogens is 4. The van der Waals surface area contributed by atoms with Crippen molar-refractivity contribution in [2.45, 2.75) is 33.1 Å². The van der Waals surface area contributed by atoms with Crippen molar-refractivity contribution >= 4 is 16.9 Å². The molecule has 0 spiro atoms. The van der Waals surface area contributed by atoms with Crippen LogP contribution < -0.4 is 4.90 Å². The van der Waals surface area contributed by atoms with Gasteiger partial charge in [0, 0.05) is 31.1 Å². The van der Waals surface area contributed by atoms with E-state index in [1.54, 1.807) is 18.3 Å². The van der Waals surface area contributed by atoms with Gasteiger partial charge in [0.1, 0.15) is 17.2 Å². The average Bonchev–Trinajstić information content (AvgIpc) is 3.13. The van der Waals surface area contributed by atoms with Crippen molar-refractivity contribution in [1.29, 1.82) is 5.26 Å². The summed E-state index contributed by atoms with van der Waals surface area (Å²) in [5.74, 6) is 1.78. The van der Waals surface area contributed by atoms with Crippen molar-refractivity contribution in [2.24, 2.45) is 17.8 Å². The fraction of sp³-hybridized carbons (Fsp3) is 0.455. The van der Waals surface area contributed by atoms with Crippen LogP contribution >= 0.6 is 0 Å². The lowest BCUT2D eigenvalue weighted by Crippen LogP contribution is -2.41. The highest BCUT2D eigenvalue weighted by atomic mass is 19.1. The molecule has 0 aliphatic carbocycles. The molecule has 4 rings (SSSR count). The van der Waals surface area contributed by atoms with E-state index >= 15 is 0 Å². The first-order valence-electron chi connectivity index (χ1n) is 10.1. The third-order valence-electron chi connectivity index (χ3n) is 5.74. The number of nitriles is 1. The van der Waals surface area contributed by atoms with Gasteiger partial charge in [0.25, 0.3) is 0 Å². The second-order valence-corrected chi connectivity index (χ2v) is 8.22. The number of rotatable bonds is 5. The maximum absolute atomic E-state index is 14.6. The SMILES string of the molecule is CC(C)CC1CN(c2ccc(F)c(-c3n[nH]c4ncccc34)n2)CCC1CC#N. The minimum atomic E-state index is -0.399. The number of fused-ring (bicyclic) bond motifs is 1. The fourth-order valence-electron chi connectivity index (χ4n) is 4.36. The number of aromatic amines is 1. The molecule has 1 aliphatic rings. The van der Waals surface area contributed by atoms with Gasteiger partial charge in [-0.1, -0.05) is 13.8 Å². The van der Waals surface area contributed by atoms with Crippen molar-refractivity contribution in [3.63, 3.8) is 0 Å². The molecule has 2 atom stereocenters. The summed E-state index contributed by atoms with van der Waals surface area (Å²) in [7, 11) is 0. The van der Waals surface area contributed by atoms with E-state index in [-0.39, 0.29) is 5.69 Å². The zero-order valence-electron chi connectivity index (χ0n) is 16.8. The van der Waals surface area contributed by atoms with E-state index in [1.165, 1.54) is 6.07 Å². The molecule has 7 heteroatoms. The molecule has 0 bridgehead atoms. The Bertz CT molecular complexity index is 1040. The number of H-pyrrole nitrogens is 1. The lowest BCUT2D eigenvalue weighted by atomic mass is 9.79. The van der Waals surface area contributed by atoms with Crippen molar-refractivity contribution in [2.75, 3.05) is 18.0 Å². The zero-order valence-corrected chi connectivity index (χ0v) is 16.8. The third-order valence-corrected chi connectivity index (χ3v) is 5.74. The number of pyridine rings is 2. The summed E-state index contributed by atoms with van der Waals surface area (Å²) in [6, 6.07) is 9.22. The predicted octanol–water partition coefficient (Wildman–Crippen LogP) is 4.56. The Morgan fingerprint density at radius 1 is 1.28 bits per heavy atom. The summed E-state index contributed by atoms with van der Waals surface area (Å²) in [6.07, 6.45) is 4.30. The Kier molecular flexibility index (Phi) is 5.43. The van der Waals surface area contributed by atoms with Crippen molar-refractivity contribution < 1.29 is 4.39 Å². The lowest BCUT2D eigenvalue weighted by Gasteiger charge is -2.39. The van der Waals surface area contributed by atoms with E-state index in [0.717, 1.165) is 37.1 Å². The van der Waals surface area contributed by atoms with E-state index in [4.69, 9.17) is 0 Å². The van der Waals surface area contributed by atoms with Crippen LogP contribution in [-0.4, -0.2) is 33.3 Å². The first kappa shape index (κ1) is 19.3. The maximum Gasteiger partial charge on any atom is 0.155 e. The van der Waals surface area contributed by atoms with Gasteiger partial charge in [-0.2, -0.15) is 10.4 Å². The molecule has 1 N–H and O–H groups in total. The average molecular weight is 392 g/mol. The maximum atomic E-state index is 14.6. The highest BCUT2D eigenvalue weighted by Crippen LogP contribution is 2.34. The van der Waals surface area contributed by atoms with Gasteiger partial charge >= 0.3 is 0 Å². The van der Waals surface area contributed by atoms with Crippen molar-refractivity contribution in [3.05, 3.63) is 36.3 Å². The van der Waals surface area contributed by atoms with Gasteiger partial charge in [-0.3, -0.25) is 5.10 Å². The van der Waals surface area contributed by atoms with Gasteiger partial charge in [0.05, 0.1) is 6.07 Å². The van der Waals surface area contributed by atoms with Crippen LogP contribution in [0.5, 0.6) is 0 Å². The standard InChI is InChI=1S/C22H25FN6/c1-14(2)12-16-13-29(11-8-15(16)7-9-24)19-6-5-18(23)21(26-19)20-17-4-3-10-25-22(17)28-27-20/h3-6,10,14-16H,7-8,11-13H2,1-2H3,(H,25,27,28). The first-order valence-corrected chi connectivity index (χ1v) is 10.1. The topological polar surface area (TPSA) is 81.5 Å². The zero-order chi connectivity index (χ0) is 20.4. The molecule has 29 heavy (non-hydrogen) atoms. The van der Waals surface area contributed by atoms with Gasteiger partial charge in [0.15, 0.2) is 11.5 Å². The molecule has 2 unspecified atom stereocenters. The van der Waals surface area contributed by atoms with E-state index < -0.39 is 5.82 Å². The van der Waals surface area contributed by atoms with E-state index in [1.807, 2.05) is 6.07 Å². The molecular formula is C22H25FN6. The molecule has 1 aliphatic heterocycles. The smallest absolute Gasteiger partial charge is 0.155 e. The van der Waals surface area contributed by atoms with Crippen LogP contribution in [0.15, 0.2) is 30.5 Å². The number of nitrogens with one attached hydrogen (secondary N) is 1. The van der Waals surface area contributed by atoms with Crippen LogP contribution in [0.3, 0.4) is 0 Å². The van der Waals surface area contributed by atoms with E-state index in [2.05, 4.69) is 45.0 Å². The molecule has 3 aromatic rings. The molecule has 0 saturated carbocycles. The molecular weight excluding hydrogens is 367 g/mol. The molecule has 0 radical (unpaired) electrons. The lowest BCUT2D eigenvalue weighted by molar-refractivity contribution is 0.243. The highest BCUT2D eigenvalue weighted by Gasteiger charge is 2.30. The summed E-state index contributed by atoms with van der Waals surface area (Å²) in [5.41, 5.74) is 1.33. The summed E-state index contributed by atoms with van der Waals surface area (Å²) < 4.78 is 14.6. The normalized spacial score (nSPS) is 19.6. The van der Waals surface area contributed by atoms with Crippen LogP contribution in [0.1, 0.15) is 33.1 Å². The number of piperidine rings is 1. The Labute approximate surface area is 169 Å². The largest absolute Gasteiger partial charge is 0.356 e. The number of anilines is 1. The van der Waals surface area contributed by atoms with Crippen molar-refractivity contribution in [1.82, 2.24) is 20.2 Å². The minimum Gasteiger partial charge on any atom is -0.356 e. The quantitative estimate of drug-likeness (QED) is 0.688. The second-order valence-electron chi connectivity index (χ2n) is 8.22. The number of nitrogens with zero attached hydrogens (tertiary/aromatic N) is 5. The summed E-state index contributed by atoms with van der Waals surface area (Å²) in [5, 5.41) is 17.0. The van der Waals surface area contributed by atoms with Crippen LogP contribution in [0, 0.1) is 34.9 Å². The van der Waals surface area contributed by atoms with Gasteiger partial charge in [0.2, 0.25) is 0 Å². The predicted molar refractivity (Wildman–Crippen MR) is 111 cm³/mol. The minimum absolute atomic E-state index is 0.237. The Morgan fingerprint density at radius 2 is 2.14 bits per heavy atom. The molecule has 0 aromatic carbocycles. The molecule has 1 fully saturated rings. The first-order chi connectivity index (χ1) is 14.1. The van der Waals surface area contributed by atoms with Crippen molar-refractivity contribution in [3.8, 4) is 17.5 Å². The summed E-state index contributed by atoms with van der Waals surface area (Å²) in [4.78, 5) is 11.1. The van der Waals surface area contributed by atoms with Gasteiger partial charge < -0.3 is 4.90 Å². The van der Waals surface area contributed by atoms with Gasteiger partial charge in [-0.05, 0) is 54.9 Å². The monoisotopic (exact) mass is 392 g/mol. The van der Waals surface area contributed by atoms with E-state index in [0.29, 0.717) is 35.5 Å². The van der Waals surface area contributed by atoms with Crippen LogP contribution in [0.2, 0.25) is 0 Å². The second kappa shape index (κ2) is 8.16. The summed E-state index contributed by atoms with van der Waals surface area (Å²) in [6.45, 7) is 6.09. The Morgan fingerprint density at radius 3 is 2.93 bits per heavy atom. The van der Waals surface area contributed by atoms with Crippen LogP contribution in [0.25, 0.3) is 22.4 Å². The fourth-order valence-corrected chi connectivity index (χ4v) is 4.36. The molecule has 6 nitrogen and oxygen atoms in total. The third kappa shape index (κ3) is 3.93. The summed E-state index contributed by atoms with van der Waals surface area (Å²) >= 11 is 0. The van der Waals surface area contributed by atoms with Crippen LogP contribution in [-0.2, 0) is 0 Å². The van der Waals surface area contributed by atoms with E-state index in [9.17, 15) is 9.65 Å². The Hall–Kier alpha value is -3.01. The molecule has 0 amide bonds. The number of halogens is 1. The molecule has 4 heterocycles.